The number of carbonyl (C=O) groups is 2. The Morgan fingerprint density at radius 2 is 1.55 bits per heavy atom. The van der Waals surface area contributed by atoms with Crippen molar-refractivity contribution in [2.45, 2.75) is 52.2 Å². The summed E-state index contributed by atoms with van der Waals surface area (Å²) < 4.78 is 0. The third-order valence-electron chi connectivity index (χ3n) is 5.07. The number of amides is 2. The van der Waals surface area contributed by atoms with E-state index in [1.807, 2.05) is 30.0 Å². The van der Waals surface area contributed by atoms with Gasteiger partial charge in [0.2, 0.25) is 0 Å². The molecule has 2 aromatic rings. The van der Waals surface area contributed by atoms with Crippen LogP contribution in [0.5, 0.6) is 0 Å². The number of aryl methyl sites for hydroxylation is 1. The fourth-order valence-electron chi connectivity index (χ4n) is 4.20. The van der Waals surface area contributed by atoms with E-state index in [1.54, 1.807) is 24.3 Å². The number of rotatable bonds is 4. The fourth-order valence-corrected chi connectivity index (χ4v) is 4.20. The summed E-state index contributed by atoms with van der Waals surface area (Å²) in [6.45, 7) is 12.2. The van der Waals surface area contributed by atoms with Gasteiger partial charge in [0.1, 0.15) is 0 Å². The molecule has 0 bridgehead atoms. The molecule has 1 fully saturated rings. The fraction of sp³-hybridized carbons (Fsp3) is 0.417. The molecule has 29 heavy (non-hydrogen) atoms. The van der Waals surface area contributed by atoms with Crippen molar-refractivity contribution in [3.8, 4) is 0 Å². The van der Waals surface area contributed by atoms with E-state index in [-0.39, 0.29) is 22.9 Å². The molecule has 0 saturated carbocycles. The van der Waals surface area contributed by atoms with Crippen LogP contribution in [0.1, 0.15) is 59.5 Å². The second-order valence-corrected chi connectivity index (χ2v) is 9.30. The monoisotopic (exact) mass is 393 g/mol. The molecule has 0 atom stereocenters. The number of piperazine rings is 1. The van der Waals surface area contributed by atoms with E-state index in [0.29, 0.717) is 30.8 Å². The third-order valence-corrected chi connectivity index (χ3v) is 5.07. The average molecular weight is 394 g/mol. The molecule has 2 N–H and O–H groups in total. The molecule has 0 aromatic heterocycles. The zero-order chi connectivity index (χ0) is 21.2. The van der Waals surface area contributed by atoms with Crippen LogP contribution in [0.15, 0.2) is 48.5 Å². The molecule has 0 radical (unpaired) electrons. The molecule has 3 rings (SSSR count). The lowest BCUT2D eigenvalue weighted by atomic mass is 9.91. The van der Waals surface area contributed by atoms with Gasteiger partial charge in [0.05, 0.1) is 0 Å². The SMILES string of the molecule is Cc1cccc(CNC(=O)c2ccc(C(=O)N3CC(C)(C)NC(C)(C)C3)cc2)c1. The lowest BCUT2D eigenvalue weighted by Gasteiger charge is -2.48. The van der Waals surface area contributed by atoms with E-state index in [4.69, 9.17) is 0 Å². The van der Waals surface area contributed by atoms with E-state index >= 15 is 0 Å². The van der Waals surface area contributed by atoms with Crippen LogP contribution < -0.4 is 10.6 Å². The molecule has 5 heteroatoms. The van der Waals surface area contributed by atoms with Gasteiger partial charge in [-0.05, 0) is 64.4 Å². The lowest BCUT2D eigenvalue weighted by Crippen LogP contribution is -2.67. The molecule has 2 aromatic carbocycles. The number of benzene rings is 2. The van der Waals surface area contributed by atoms with Crippen molar-refractivity contribution in [2.75, 3.05) is 13.1 Å². The highest BCUT2D eigenvalue weighted by Crippen LogP contribution is 2.22. The molecule has 1 saturated heterocycles. The summed E-state index contributed by atoms with van der Waals surface area (Å²) in [5, 5.41) is 6.51. The van der Waals surface area contributed by atoms with E-state index in [9.17, 15) is 9.59 Å². The van der Waals surface area contributed by atoms with Crippen molar-refractivity contribution >= 4 is 11.8 Å². The predicted molar refractivity (Wildman–Crippen MR) is 116 cm³/mol. The van der Waals surface area contributed by atoms with Gasteiger partial charge in [0, 0.05) is 41.8 Å². The molecule has 1 aliphatic rings. The van der Waals surface area contributed by atoms with Gasteiger partial charge in [0.25, 0.3) is 11.8 Å². The van der Waals surface area contributed by atoms with Crippen LogP contribution in [0, 0.1) is 6.92 Å². The molecule has 154 valence electrons. The van der Waals surface area contributed by atoms with Gasteiger partial charge in [-0.1, -0.05) is 29.8 Å². The van der Waals surface area contributed by atoms with Crippen molar-refractivity contribution in [1.29, 1.82) is 0 Å². The Kier molecular flexibility index (Phi) is 5.80. The molecular weight excluding hydrogens is 362 g/mol. The number of nitrogens with one attached hydrogen (secondary N) is 2. The van der Waals surface area contributed by atoms with E-state index in [2.05, 4.69) is 44.4 Å². The van der Waals surface area contributed by atoms with Crippen molar-refractivity contribution in [3.63, 3.8) is 0 Å². The summed E-state index contributed by atoms with van der Waals surface area (Å²) in [6.07, 6.45) is 0. The minimum Gasteiger partial charge on any atom is -0.348 e. The Labute approximate surface area is 173 Å². The van der Waals surface area contributed by atoms with Gasteiger partial charge in [-0.25, -0.2) is 0 Å². The minimum atomic E-state index is -0.146. The maximum absolute atomic E-state index is 13.0. The summed E-state index contributed by atoms with van der Waals surface area (Å²) in [6, 6.07) is 15.0. The topological polar surface area (TPSA) is 61.4 Å². The zero-order valence-corrected chi connectivity index (χ0v) is 18.0. The van der Waals surface area contributed by atoms with Crippen LogP contribution >= 0.6 is 0 Å². The summed E-state index contributed by atoms with van der Waals surface area (Å²) in [5.41, 5.74) is 3.09. The summed E-state index contributed by atoms with van der Waals surface area (Å²) >= 11 is 0. The van der Waals surface area contributed by atoms with Crippen molar-refractivity contribution < 1.29 is 9.59 Å². The van der Waals surface area contributed by atoms with Crippen LogP contribution in [0.25, 0.3) is 0 Å². The summed E-state index contributed by atoms with van der Waals surface area (Å²) in [5.74, 6) is -0.144. The highest BCUT2D eigenvalue weighted by molar-refractivity contribution is 5.98. The second-order valence-electron chi connectivity index (χ2n) is 9.30. The number of carbonyl (C=O) groups excluding carboxylic acids is 2. The van der Waals surface area contributed by atoms with Gasteiger partial charge < -0.3 is 15.5 Å². The Balaban J connectivity index is 1.64. The van der Waals surface area contributed by atoms with Crippen molar-refractivity contribution in [3.05, 3.63) is 70.8 Å². The quantitative estimate of drug-likeness (QED) is 0.835. The maximum Gasteiger partial charge on any atom is 0.253 e. The molecule has 1 aliphatic heterocycles. The number of nitrogens with zero attached hydrogens (tertiary/aromatic N) is 1. The Hall–Kier alpha value is -2.66. The number of hydrogen-bond acceptors (Lipinski definition) is 3. The molecule has 2 amide bonds. The largest absolute Gasteiger partial charge is 0.348 e. The molecule has 0 aliphatic carbocycles. The first-order chi connectivity index (χ1) is 13.5. The van der Waals surface area contributed by atoms with Gasteiger partial charge in [-0.2, -0.15) is 0 Å². The van der Waals surface area contributed by atoms with E-state index < -0.39 is 0 Å². The first kappa shape index (κ1) is 21.1. The average Bonchev–Trinajstić information content (AvgIpc) is 2.63. The maximum atomic E-state index is 13.0. The van der Waals surface area contributed by atoms with Gasteiger partial charge in [-0.15, -0.1) is 0 Å². The zero-order valence-electron chi connectivity index (χ0n) is 18.0. The van der Waals surface area contributed by atoms with Gasteiger partial charge in [-0.3, -0.25) is 9.59 Å². The third kappa shape index (κ3) is 5.45. The van der Waals surface area contributed by atoms with Gasteiger partial charge in [0.15, 0.2) is 0 Å². The second kappa shape index (κ2) is 7.99. The lowest BCUT2D eigenvalue weighted by molar-refractivity contribution is 0.0472. The summed E-state index contributed by atoms with van der Waals surface area (Å²) in [4.78, 5) is 27.3. The molecule has 0 spiro atoms. The summed E-state index contributed by atoms with van der Waals surface area (Å²) in [7, 11) is 0. The Morgan fingerprint density at radius 3 is 2.14 bits per heavy atom. The Bertz CT molecular complexity index is 885. The highest BCUT2D eigenvalue weighted by atomic mass is 16.2. The smallest absolute Gasteiger partial charge is 0.253 e. The highest BCUT2D eigenvalue weighted by Gasteiger charge is 2.38. The van der Waals surface area contributed by atoms with Crippen LogP contribution in [0.2, 0.25) is 0 Å². The van der Waals surface area contributed by atoms with Crippen LogP contribution in [0.4, 0.5) is 0 Å². The van der Waals surface area contributed by atoms with Crippen LogP contribution in [-0.4, -0.2) is 40.9 Å². The van der Waals surface area contributed by atoms with Gasteiger partial charge >= 0.3 is 0 Å². The number of hydrogen-bond donors (Lipinski definition) is 2. The first-order valence-electron chi connectivity index (χ1n) is 10.1. The normalized spacial score (nSPS) is 17.6. The molecule has 0 unspecified atom stereocenters. The van der Waals surface area contributed by atoms with Crippen molar-refractivity contribution in [2.24, 2.45) is 0 Å². The Morgan fingerprint density at radius 1 is 0.966 bits per heavy atom. The molecule has 1 heterocycles. The molecular formula is C24H31N3O2. The van der Waals surface area contributed by atoms with Crippen molar-refractivity contribution in [1.82, 2.24) is 15.5 Å². The van der Waals surface area contributed by atoms with E-state index in [1.165, 1.54) is 5.56 Å². The van der Waals surface area contributed by atoms with E-state index in [0.717, 1.165) is 5.56 Å². The minimum absolute atomic E-state index is 0.000584. The standard InChI is InChI=1S/C24H31N3O2/c1-17-7-6-8-18(13-17)14-25-21(28)19-9-11-20(12-10-19)22(29)27-15-23(2,3)26-24(4,5)16-27/h6-13,26H,14-16H2,1-5H3,(H,25,28). The predicted octanol–water partition coefficient (Wildman–Crippen LogP) is 3.53. The van der Waals surface area contributed by atoms with Crippen LogP contribution in [0.3, 0.4) is 0 Å². The molecule has 5 nitrogen and oxygen atoms in total. The first-order valence-corrected chi connectivity index (χ1v) is 10.1. The van der Waals surface area contributed by atoms with Crippen LogP contribution in [-0.2, 0) is 6.54 Å².